The first-order chi connectivity index (χ1) is 6.38. The van der Waals surface area contributed by atoms with Crippen molar-refractivity contribution in [2.24, 2.45) is 11.8 Å². The molecule has 1 saturated carbocycles. The van der Waals surface area contributed by atoms with Crippen molar-refractivity contribution in [1.29, 1.82) is 0 Å². The van der Waals surface area contributed by atoms with Crippen LogP contribution in [-0.2, 0) is 4.79 Å². The predicted molar refractivity (Wildman–Crippen MR) is 52.5 cm³/mol. The number of hydrogen-bond acceptors (Lipinski definition) is 1. The third-order valence-corrected chi connectivity index (χ3v) is 3.04. The highest BCUT2D eigenvalue weighted by molar-refractivity contribution is 5.62. The number of rotatable bonds is 3. The molecule has 68 valence electrons. The van der Waals surface area contributed by atoms with Crippen LogP contribution in [-0.4, -0.2) is 6.29 Å². The van der Waals surface area contributed by atoms with Gasteiger partial charge in [0, 0.05) is 5.92 Å². The summed E-state index contributed by atoms with van der Waals surface area (Å²) in [6.45, 7) is 2.16. The summed E-state index contributed by atoms with van der Waals surface area (Å²) in [7, 11) is 0. The predicted octanol–water partition coefficient (Wildman–Crippen LogP) is 2.63. The second kappa shape index (κ2) is 3.33. The van der Waals surface area contributed by atoms with E-state index in [1.54, 1.807) is 0 Å². The summed E-state index contributed by atoms with van der Waals surface area (Å²) in [6.07, 6.45) is 2.23. The summed E-state index contributed by atoms with van der Waals surface area (Å²) in [5.41, 5.74) is 1.33. The van der Waals surface area contributed by atoms with Crippen LogP contribution in [0.4, 0.5) is 0 Å². The Bertz CT molecular complexity index is 291. The lowest BCUT2D eigenvalue weighted by Gasteiger charge is -1.96. The zero-order valence-electron chi connectivity index (χ0n) is 7.81. The Kier molecular flexibility index (Phi) is 2.17. The summed E-state index contributed by atoms with van der Waals surface area (Å²) in [5, 5.41) is 0. The van der Waals surface area contributed by atoms with E-state index in [2.05, 4.69) is 19.1 Å². The average molecular weight is 174 g/mol. The van der Waals surface area contributed by atoms with Crippen molar-refractivity contribution >= 4 is 6.29 Å². The number of carbonyl (C=O) groups excluding carboxylic acids is 1. The van der Waals surface area contributed by atoms with Gasteiger partial charge in [-0.25, -0.2) is 0 Å². The molecule has 0 N–H and O–H groups in total. The molecule has 0 aromatic heterocycles. The molecule has 2 rings (SSSR count). The maximum absolute atomic E-state index is 10.7. The maximum atomic E-state index is 10.7. The Hall–Kier alpha value is -1.11. The van der Waals surface area contributed by atoms with Crippen molar-refractivity contribution in [3.05, 3.63) is 35.9 Å². The zero-order chi connectivity index (χ0) is 9.26. The molecule has 1 aliphatic carbocycles. The lowest BCUT2D eigenvalue weighted by molar-refractivity contribution is -0.109. The topological polar surface area (TPSA) is 17.1 Å². The van der Waals surface area contributed by atoms with Gasteiger partial charge in [-0.1, -0.05) is 43.7 Å². The van der Waals surface area contributed by atoms with Crippen LogP contribution < -0.4 is 0 Å². The molecule has 1 aromatic carbocycles. The Morgan fingerprint density at radius 3 is 2.46 bits per heavy atom. The van der Waals surface area contributed by atoms with Crippen LogP contribution in [0.3, 0.4) is 0 Å². The third kappa shape index (κ3) is 1.39. The molecule has 1 heteroatoms. The number of hydrogen-bond donors (Lipinski definition) is 0. The van der Waals surface area contributed by atoms with E-state index >= 15 is 0 Å². The molecule has 0 spiro atoms. The van der Waals surface area contributed by atoms with E-state index < -0.39 is 0 Å². The van der Waals surface area contributed by atoms with Gasteiger partial charge in [-0.05, 0) is 17.4 Å². The Balaban J connectivity index is 2.16. The van der Waals surface area contributed by atoms with E-state index in [0.29, 0.717) is 11.8 Å². The van der Waals surface area contributed by atoms with Crippen LogP contribution in [0.15, 0.2) is 30.3 Å². The highest BCUT2D eigenvalue weighted by atomic mass is 16.1. The largest absolute Gasteiger partial charge is 0.303 e. The van der Waals surface area contributed by atoms with E-state index in [1.165, 1.54) is 5.56 Å². The summed E-state index contributed by atoms with van der Waals surface area (Å²) in [4.78, 5) is 10.7. The van der Waals surface area contributed by atoms with Gasteiger partial charge < -0.3 is 4.79 Å². The van der Waals surface area contributed by atoms with E-state index in [1.807, 2.05) is 18.2 Å². The molecule has 0 saturated heterocycles. The van der Waals surface area contributed by atoms with Crippen molar-refractivity contribution in [2.45, 2.75) is 19.3 Å². The minimum Gasteiger partial charge on any atom is -0.303 e. The van der Waals surface area contributed by atoms with E-state index in [-0.39, 0.29) is 5.92 Å². The molecule has 0 bridgehead atoms. The Labute approximate surface area is 78.8 Å². The fourth-order valence-electron chi connectivity index (χ4n) is 2.26. The molecule has 3 unspecified atom stereocenters. The van der Waals surface area contributed by atoms with Crippen molar-refractivity contribution in [2.75, 3.05) is 0 Å². The molecule has 0 amide bonds. The first kappa shape index (κ1) is 8.49. The van der Waals surface area contributed by atoms with Crippen LogP contribution in [0.25, 0.3) is 0 Å². The van der Waals surface area contributed by atoms with Gasteiger partial charge in [-0.3, -0.25) is 0 Å². The second-order valence-electron chi connectivity index (χ2n) is 3.72. The van der Waals surface area contributed by atoms with Gasteiger partial charge in [-0.2, -0.15) is 0 Å². The lowest BCUT2D eigenvalue weighted by atomic mass is 10.1. The highest BCUT2D eigenvalue weighted by Crippen LogP contribution is 2.54. The molecular formula is C12H14O. The zero-order valence-corrected chi connectivity index (χ0v) is 7.81. The highest BCUT2D eigenvalue weighted by Gasteiger charge is 2.49. The van der Waals surface area contributed by atoms with Gasteiger partial charge in [0.2, 0.25) is 0 Å². The first-order valence-electron chi connectivity index (χ1n) is 4.88. The van der Waals surface area contributed by atoms with Gasteiger partial charge in [0.25, 0.3) is 0 Å². The maximum Gasteiger partial charge on any atom is 0.123 e. The third-order valence-electron chi connectivity index (χ3n) is 3.04. The minimum atomic E-state index is 0.285. The average Bonchev–Trinajstić information content (AvgIpc) is 2.92. The minimum absolute atomic E-state index is 0.285. The first-order valence-corrected chi connectivity index (χ1v) is 4.88. The van der Waals surface area contributed by atoms with Crippen LogP contribution in [0, 0.1) is 11.8 Å². The molecular weight excluding hydrogens is 160 g/mol. The van der Waals surface area contributed by atoms with E-state index in [9.17, 15) is 4.79 Å². The summed E-state index contributed by atoms with van der Waals surface area (Å²) < 4.78 is 0. The normalized spacial score (nSPS) is 31.3. The Morgan fingerprint density at radius 2 is 2.00 bits per heavy atom. The van der Waals surface area contributed by atoms with Gasteiger partial charge in [0.05, 0.1) is 0 Å². The van der Waals surface area contributed by atoms with E-state index in [0.717, 1.165) is 12.7 Å². The molecule has 0 heterocycles. The molecule has 1 nitrogen and oxygen atoms in total. The molecule has 0 radical (unpaired) electrons. The molecule has 3 atom stereocenters. The molecule has 1 fully saturated rings. The Morgan fingerprint density at radius 1 is 1.31 bits per heavy atom. The van der Waals surface area contributed by atoms with Gasteiger partial charge in [-0.15, -0.1) is 0 Å². The monoisotopic (exact) mass is 174 g/mol. The fourth-order valence-corrected chi connectivity index (χ4v) is 2.26. The van der Waals surface area contributed by atoms with Crippen molar-refractivity contribution in [3.8, 4) is 0 Å². The van der Waals surface area contributed by atoms with Crippen LogP contribution >= 0.6 is 0 Å². The van der Waals surface area contributed by atoms with Crippen LogP contribution in [0.2, 0.25) is 0 Å². The van der Waals surface area contributed by atoms with Crippen molar-refractivity contribution < 1.29 is 4.79 Å². The van der Waals surface area contributed by atoms with Gasteiger partial charge >= 0.3 is 0 Å². The van der Waals surface area contributed by atoms with Crippen molar-refractivity contribution in [3.63, 3.8) is 0 Å². The molecule has 1 aromatic rings. The van der Waals surface area contributed by atoms with Crippen LogP contribution in [0.1, 0.15) is 24.8 Å². The SMILES string of the molecule is CCC1C(C=O)C1c1ccccc1. The molecule has 13 heavy (non-hydrogen) atoms. The summed E-state index contributed by atoms with van der Waals surface area (Å²) in [6, 6.07) is 10.3. The molecule has 0 aliphatic heterocycles. The quantitative estimate of drug-likeness (QED) is 0.644. The second-order valence-corrected chi connectivity index (χ2v) is 3.72. The number of aldehydes is 1. The smallest absolute Gasteiger partial charge is 0.123 e. The summed E-state index contributed by atoms with van der Waals surface area (Å²) >= 11 is 0. The lowest BCUT2D eigenvalue weighted by Crippen LogP contribution is -1.82. The number of carbonyl (C=O) groups is 1. The van der Waals surface area contributed by atoms with Gasteiger partial charge in [0.1, 0.15) is 6.29 Å². The number of benzene rings is 1. The fraction of sp³-hybridized carbons (Fsp3) is 0.417. The van der Waals surface area contributed by atoms with Crippen LogP contribution in [0.5, 0.6) is 0 Å². The van der Waals surface area contributed by atoms with Gasteiger partial charge in [0.15, 0.2) is 0 Å². The van der Waals surface area contributed by atoms with Crippen molar-refractivity contribution in [1.82, 2.24) is 0 Å². The summed E-state index contributed by atoms with van der Waals surface area (Å²) in [5.74, 6) is 1.39. The standard InChI is InChI=1S/C12H14O/c1-2-10-11(8-13)12(10)9-6-4-3-5-7-9/h3-8,10-12H,2H2,1H3. The molecule has 1 aliphatic rings. The van der Waals surface area contributed by atoms with E-state index in [4.69, 9.17) is 0 Å².